The van der Waals surface area contributed by atoms with E-state index in [0.717, 1.165) is 5.56 Å². The maximum atomic E-state index is 5.48. The largest absolute Gasteiger partial charge is 0.347 e. The Morgan fingerprint density at radius 3 is 2.29 bits per heavy atom. The number of rotatable bonds is 3. The van der Waals surface area contributed by atoms with Gasteiger partial charge in [-0.3, -0.25) is 0 Å². The smallest absolute Gasteiger partial charge is 0.222 e. The minimum absolute atomic E-state index is 0.160. The summed E-state index contributed by atoms with van der Waals surface area (Å²) in [5.41, 5.74) is 1.10. The third-order valence-electron chi connectivity index (χ3n) is 2.63. The van der Waals surface area contributed by atoms with Crippen LogP contribution in [0.3, 0.4) is 0 Å². The quantitative estimate of drug-likeness (QED) is 0.565. The standard InChI is InChI=1S/C11H14O2S/c1-8-11(12-2,13-8)9-4-6-10(14-3)7-5-9/h4-8H,1-3H3. The van der Waals surface area contributed by atoms with Crippen molar-refractivity contribution in [3.63, 3.8) is 0 Å². The van der Waals surface area contributed by atoms with E-state index in [1.807, 2.05) is 6.92 Å². The van der Waals surface area contributed by atoms with Crippen LogP contribution in [0.2, 0.25) is 0 Å². The van der Waals surface area contributed by atoms with Gasteiger partial charge in [0.2, 0.25) is 5.79 Å². The zero-order valence-electron chi connectivity index (χ0n) is 8.61. The highest BCUT2D eigenvalue weighted by Crippen LogP contribution is 2.46. The molecule has 0 amide bonds. The van der Waals surface area contributed by atoms with Gasteiger partial charge in [0.15, 0.2) is 0 Å². The van der Waals surface area contributed by atoms with Gasteiger partial charge in [-0.1, -0.05) is 12.1 Å². The summed E-state index contributed by atoms with van der Waals surface area (Å²) in [6.07, 6.45) is 2.23. The molecule has 0 saturated carbocycles. The fourth-order valence-electron chi connectivity index (χ4n) is 1.69. The van der Waals surface area contributed by atoms with Crippen molar-refractivity contribution >= 4 is 11.8 Å². The van der Waals surface area contributed by atoms with Gasteiger partial charge in [0.1, 0.15) is 6.10 Å². The van der Waals surface area contributed by atoms with Gasteiger partial charge in [0.05, 0.1) is 0 Å². The normalized spacial score (nSPS) is 30.4. The van der Waals surface area contributed by atoms with E-state index >= 15 is 0 Å². The lowest BCUT2D eigenvalue weighted by Crippen LogP contribution is -2.13. The maximum absolute atomic E-state index is 5.48. The van der Waals surface area contributed by atoms with Crippen LogP contribution < -0.4 is 0 Å². The molecule has 1 saturated heterocycles. The molecule has 1 fully saturated rings. The Kier molecular flexibility index (Phi) is 2.56. The summed E-state index contributed by atoms with van der Waals surface area (Å²) in [5.74, 6) is -0.475. The van der Waals surface area contributed by atoms with Crippen LogP contribution >= 0.6 is 11.8 Å². The van der Waals surface area contributed by atoms with Crippen molar-refractivity contribution in [2.24, 2.45) is 0 Å². The molecule has 1 aromatic carbocycles. The van der Waals surface area contributed by atoms with Gasteiger partial charge in [0.25, 0.3) is 0 Å². The van der Waals surface area contributed by atoms with Crippen LogP contribution in [-0.4, -0.2) is 19.5 Å². The summed E-state index contributed by atoms with van der Waals surface area (Å²) in [4.78, 5) is 1.26. The van der Waals surface area contributed by atoms with Crippen LogP contribution in [0, 0.1) is 0 Å². The number of hydrogen-bond acceptors (Lipinski definition) is 3. The van der Waals surface area contributed by atoms with Gasteiger partial charge in [0, 0.05) is 17.6 Å². The Bertz CT molecular complexity index is 319. The van der Waals surface area contributed by atoms with E-state index < -0.39 is 5.79 Å². The summed E-state index contributed by atoms with van der Waals surface area (Å²) in [6, 6.07) is 8.32. The molecule has 1 heterocycles. The molecule has 0 radical (unpaired) electrons. The van der Waals surface area contributed by atoms with Crippen LogP contribution in [0.1, 0.15) is 12.5 Å². The van der Waals surface area contributed by atoms with Crippen molar-refractivity contribution in [2.75, 3.05) is 13.4 Å². The molecule has 76 valence electrons. The maximum Gasteiger partial charge on any atom is 0.222 e. The van der Waals surface area contributed by atoms with Crippen molar-refractivity contribution in [2.45, 2.75) is 23.7 Å². The zero-order valence-corrected chi connectivity index (χ0v) is 9.43. The molecule has 0 N–H and O–H groups in total. The lowest BCUT2D eigenvalue weighted by molar-refractivity contribution is -0.0142. The first-order valence-corrected chi connectivity index (χ1v) is 5.83. The van der Waals surface area contributed by atoms with E-state index in [9.17, 15) is 0 Å². The number of methoxy groups -OCH3 is 1. The average molecular weight is 210 g/mol. The van der Waals surface area contributed by atoms with Crippen LogP contribution in [0.25, 0.3) is 0 Å². The van der Waals surface area contributed by atoms with Gasteiger partial charge in [-0.05, 0) is 25.3 Å². The molecule has 2 unspecified atom stereocenters. The Morgan fingerprint density at radius 2 is 1.93 bits per heavy atom. The number of thioether (sulfide) groups is 1. The van der Waals surface area contributed by atoms with Crippen molar-refractivity contribution < 1.29 is 9.47 Å². The van der Waals surface area contributed by atoms with E-state index in [0.29, 0.717) is 0 Å². The van der Waals surface area contributed by atoms with Crippen molar-refractivity contribution in [1.29, 1.82) is 0 Å². The number of benzene rings is 1. The molecule has 1 aliphatic heterocycles. The Morgan fingerprint density at radius 1 is 1.36 bits per heavy atom. The first kappa shape index (κ1) is 10.0. The van der Waals surface area contributed by atoms with Gasteiger partial charge < -0.3 is 9.47 Å². The molecule has 3 heteroatoms. The molecular formula is C11H14O2S. The highest BCUT2D eigenvalue weighted by Gasteiger charge is 2.55. The highest BCUT2D eigenvalue weighted by molar-refractivity contribution is 7.98. The average Bonchev–Trinajstić information content (AvgIpc) is 2.91. The van der Waals surface area contributed by atoms with Gasteiger partial charge in [-0.2, -0.15) is 0 Å². The molecule has 2 nitrogen and oxygen atoms in total. The molecule has 0 aromatic heterocycles. The van der Waals surface area contributed by atoms with Crippen LogP contribution in [-0.2, 0) is 15.3 Å². The van der Waals surface area contributed by atoms with Crippen LogP contribution in [0.5, 0.6) is 0 Å². The highest BCUT2D eigenvalue weighted by atomic mass is 32.2. The molecule has 1 aromatic rings. The Hall–Kier alpha value is -0.510. The lowest BCUT2D eigenvalue weighted by Gasteiger charge is -2.10. The summed E-state index contributed by atoms with van der Waals surface area (Å²) < 4.78 is 10.9. The van der Waals surface area contributed by atoms with E-state index in [2.05, 4.69) is 30.5 Å². The minimum atomic E-state index is -0.475. The van der Waals surface area contributed by atoms with Crippen LogP contribution in [0.4, 0.5) is 0 Å². The van der Waals surface area contributed by atoms with Crippen molar-refractivity contribution in [3.8, 4) is 0 Å². The molecule has 14 heavy (non-hydrogen) atoms. The van der Waals surface area contributed by atoms with Crippen molar-refractivity contribution in [3.05, 3.63) is 29.8 Å². The van der Waals surface area contributed by atoms with E-state index in [1.165, 1.54) is 4.90 Å². The molecule has 2 atom stereocenters. The van der Waals surface area contributed by atoms with E-state index in [4.69, 9.17) is 9.47 Å². The predicted octanol–water partition coefficient (Wildman–Crippen LogP) is 2.63. The third kappa shape index (κ3) is 1.45. The van der Waals surface area contributed by atoms with Gasteiger partial charge in [-0.25, -0.2) is 0 Å². The third-order valence-corrected chi connectivity index (χ3v) is 3.37. The first-order valence-electron chi connectivity index (χ1n) is 4.60. The van der Waals surface area contributed by atoms with Crippen LogP contribution in [0.15, 0.2) is 29.2 Å². The zero-order chi connectivity index (χ0) is 10.2. The molecule has 0 aliphatic carbocycles. The number of ether oxygens (including phenoxy) is 2. The second-order valence-electron chi connectivity index (χ2n) is 3.36. The molecule has 1 aliphatic rings. The SMILES string of the molecule is COC1(c2ccc(SC)cc2)OC1C. The molecule has 0 spiro atoms. The molecular weight excluding hydrogens is 196 g/mol. The topological polar surface area (TPSA) is 21.8 Å². The monoisotopic (exact) mass is 210 g/mol. The van der Waals surface area contributed by atoms with E-state index in [-0.39, 0.29) is 6.10 Å². The molecule has 2 rings (SSSR count). The number of epoxide rings is 1. The molecule has 0 bridgehead atoms. The summed E-state index contributed by atoms with van der Waals surface area (Å²) >= 11 is 1.74. The second kappa shape index (κ2) is 3.57. The number of hydrogen-bond donors (Lipinski definition) is 0. The van der Waals surface area contributed by atoms with Gasteiger partial charge in [-0.15, -0.1) is 11.8 Å². The Balaban J connectivity index is 2.25. The van der Waals surface area contributed by atoms with E-state index in [1.54, 1.807) is 18.9 Å². The summed E-state index contributed by atoms with van der Waals surface area (Å²) in [5, 5.41) is 0. The Labute approximate surface area is 88.6 Å². The lowest BCUT2D eigenvalue weighted by atomic mass is 10.1. The predicted molar refractivity (Wildman–Crippen MR) is 57.5 cm³/mol. The van der Waals surface area contributed by atoms with Gasteiger partial charge >= 0.3 is 0 Å². The first-order chi connectivity index (χ1) is 6.73. The minimum Gasteiger partial charge on any atom is -0.347 e. The fourth-order valence-corrected chi connectivity index (χ4v) is 2.09. The summed E-state index contributed by atoms with van der Waals surface area (Å²) in [7, 11) is 1.69. The second-order valence-corrected chi connectivity index (χ2v) is 4.24. The summed E-state index contributed by atoms with van der Waals surface area (Å²) in [6.45, 7) is 2.02. The van der Waals surface area contributed by atoms with Crippen molar-refractivity contribution in [1.82, 2.24) is 0 Å². The fraction of sp³-hybridized carbons (Fsp3) is 0.455.